The molecule has 0 radical (unpaired) electrons. The highest BCUT2D eigenvalue weighted by Gasteiger charge is 2.24. The van der Waals surface area contributed by atoms with E-state index in [4.69, 9.17) is 11.5 Å². The molecule has 1 aliphatic heterocycles. The molecule has 5 N–H and O–H groups in total. The first-order chi connectivity index (χ1) is 11.5. The third-order valence-electron chi connectivity index (χ3n) is 4.06. The molecule has 0 atom stereocenters. The lowest BCUT2D eigenvalue weighted by Crippen LogP contribution is -2.39. The first-order valence-electron chi connectivity index (χ1n) is 8.13. The van der Waals surface area contributed by atoms with E-state index in [-0.39, 0.29) is 11.8 Å². The van der Waals surface area contributed by atoms with Crippen LogP contribution in [0, 0.1) is 5.92 Å². The number of hydrogen-bond donors (Lipinski definition) is 3. The lowest BCUT2D eigenvalue weighted by molar-refractivity contribution is -0.122. The predicted molar refractivity (Wildman–Crippen MR) is 96.5 cm³/mol. The van der Waals surface area contributed by atoms with Gasteiger partial charge >= 0.3 is 0 Å². The maximum absolute atomic E-state index is 11.3. The summed E-state index contributed by atoms with van der Waals surface area (Å²) in [6.45, 7) is 8.34. The summed E-state index contributed by atoms with van der Waals surface area (Å²) in [4.78, 5) is 22.3. The van der Waals surface area contributed by atoms with E-state index in [1.807, 2.05) is 19.1 Å². The summed E-state index contributed by atoms with van der Waals surface area (Å²) in [6, 6.07) is 3.89. The zero-order chi connectivity index (χ0) is 17.5. The molecule has 0 unspecified atom stereocenters. The number of primary amides is 1. The van der Waals surface area contributed by atoms with Crippen LogP contribution in [0.25, 0.3) is 0 Å². The first-order valence-corrected chi connectivity index (χ1v) is 8.13. The molecule has 7 heteroatoms. The van der Waals surface area contributed by atoms with Gasteiger partial charge in [-0.3, -0.25) is 4.79 Å². The van der Waals surface area contributed by atoms with Crippen LogP contribution in [-0.2, 0) is 11.3 Å². The quantitative estimate of drug-likeness (QED) is 0.405. The van der Waals surface area contributed by atoms with Crippen molar-refractivity contribution in [1.82, 2.24) is 10.3 Å². The molecule has 0 saturated carbocycles. The monoisotopic (exact) mass is 330 g/mol. The van der Waals surface area contributed by atoms with E-state index >= 15 is 0 Å². The van der Waals surface area contributed by atoms with Crippen LogP contribution in [0.5, 0.6) is 0 Å². The van der Waals surface area contributed by atoms with Gasteiger partial charge in [0.2, 0.25) is 5.91 Å². The number of carbonyl (C=O) groups excluding carboxylic acids is 1. The highest BCUT2D eigenvalue weighted by atomic mass is 16.1. The number of aliphatic imine (C=N–C) groups is 1. The Hall–Kier alpha value is -2.57. The van der Waals surface area contributed by atoms with Crippen molar-refractivity contribution in [3.05, 3.63) is 36.0 Å². The van der Waals surface area contributed by atoms with Crippen LogP contribution in [0.1, 0.15) is 25.3 Å². The maximum atomic E-state index is 11.3. The smallest absolute Gasteiger partial charge is 0.220 e. The summed E-state index contributed by atoms with van der Waals surface area (Å²) in [6.07, 6.45) is 3.29. The number of hydrogen-bond acceptors (Lipinski definition) is 4. The number of amides is 1. The minimum atomic E-state index is -0.211. The van der Waals surface area contributed by atoms with Crippen LogP contribution in [-0.4, -0.2) is 36.5 Å². The molecule has 2 heterocycles. The van der Waals surface area contributed by atoms with Gasteiger partial charge in [0.25, 0.3) is 0 Å². The molecule has 24 heavy (non-hydrogen) atoms. The number of rotatable bonds is 6. The van der Waals surface area contributed by atoms with Crippen LogP contribution in [0.15, 0.2) is 35.5 Å². The number of nitrogens with two attached hydrogens (primary N) is 2. The van der Waals surface area contributed by atoms with Crippen LogP contribution < -0.4 is 21.7 Å². The molecule has 0 bridgehead atoms. The van der Waals surface area contributed by atoms with Gasteiger partial charge in [0.05, 0.1) is 6.54 Å². The van der Waals surface area contributed by atoms with Crippen molar-refractivity contribution in [3.63, 3.8) is 0 Å². The molecular weight excluding hydrogens is 304 g/mol. The Morgan fingerprint density at radius 2 is 2.17 bits per heavy atom. The van der Waals surface area contributed by atoms with Crippen molar-refractivity contribution in [2.24, 2.45) is 22.4 Å². The molecule has 1 aliphatic rings. The zero-order valence-electron chi connectivity index (χ0n) is 14.2. The molecule has 0 aliphatic carbocycles. The Morgan fingerprint density at radius 1 is 1.46 bits per heavy atom. The van der Waals surface area contributed by atoms with Gasteiger partial charge in [0.1, 0.15) is 5.82 Å². The highest BCUT2D eigenvalue weighted by Crippen LogP contribution is 2.24. The average molecular weight is 330 g/mol. The van der Waals surface area contributed by atoms with Crippen molar-refractivity contribution < 1.29 is 4.79 Å². The van der Waals surface area contributed by atoms with Gasteiger partial charge in [-0.25, -0.2) is 9.98 Å². The summed E-state index contributed by atoms with van der Waals surface area (Å²) >= 11 is 0. The van der Waals surface area contributed by atoms with Gasteiger partial charge in [-0.15, -0.1) is 0 Å². The molecule has 7 nitrogen and oxygen atoms in total. The molecule has 1 aromatic rings. The first kappa shape index (κ1) is 17.8. The normalized spacial score (nSPS) is 16.0. The molecule has 0 spiro atoms. The largest absolute Gasteiger partial charge is 0.370 e. The Bertz CT molecular complexity index is 619. The van der Waals surface area contributed by atoms with E-state index in [1.54, 1.807) is 6.20 Å². The third kappa shape index (κ3) is 4.97. The molecule has 130 valence electrons. The number of anilines is 1. The molecule has 1 fully saturated rings. The van der Waals surface area contributed by atoms with Crippen molar-refractivity contribution in [1.29, 1.82) is 0 Å². The Balaban J connectivity index is 2.01. The van der Waals surface area contributed by atoms with Crippen molar-refractivity contribution in [2.45, 2.75) is 26.3 Å². The van der Waals surface area contributed by atoms with Crippen molar-refractivity contribution in [3.8, 4) is 0 Å². The Labute approximate surface area is 142 Å². The minimum Gasteiger partial charge on any atom is -0.370 e. The van der Waals surface area contributed by atoms with E-state index in [1.165, 1.54) is 0 Å². The number of carbonyl (C=O) groups is 1. The van der Waals surface area contributed by atoms with Gasteiger partial charge in [-0.1, -0.05) is 18.2 Å². The standard InChI is InChI=1S/C17H26N6O/c1-12(2)10-21-17(19)22-11-14-4-3-7-20-16(14)23-8-5-13(6-9-23)15(18)24/h3-4,7,13H,1,5-6,8-11H2,2H3,(H2,18,24)(H3,19,21,22). The topological polar surface area (TPSA) is 110 Å². The van der Waals surface area contributed by atoms with Gasteiger partial charge in [-0.2, -0.15) is 0 Å². The second kappa shape index (κ2) is 8.33. The van der Waals surface area contributed by atoms with Gasteiger partial charge < -0.3 is 21.7 Å². The summed E-state index contributed by atoms with van der Waals surface area (Å²) in [5, 5.41) is 3.01. The SMILES string of the molecule is C=C(C)CNC(N)=NCc1cccnc1N1CCC(C(N)=O)CC1. The molecule has 1 amide bonds. The number of nitrogens with one attached hydrogen (secondary N) is 1. The molecule has 2 rings (SSSR count). The van der Waals surface area contributed by atoms with Crippen LogP contribution >= 0.6 is 0 Å². The molecule has 1 aromatic heterocycles. The predicted octanol–water partition coefficient (Wildman–Crippen LogP) is 0.764. The lowest BCUT2D eigenvalue weighted by Gasteiger charge is -2.32. The molecule has 0 aromatic carbocycles. The van der Waals surface area contributed by atoms with E-state index in [2.05, 4.69) is 26.8 Å². The molecule has 1 saturated heterocycles. The van der Waals surface area contributed by atoms with E-state index in [9.17, 15) is 4.79 Å². The number of aromatic nitrogens is 1. The fourth-order valence-electron chi connectivity index (χ4n) is 2.68. The van der Waals surface area contributed by atoms with Crippen LogP contribution in [0.2, 0.25) is 0 Å². The summed E-state index contributed by atoms with van der Waals surface area (Å²) in [7, 11) is 0. The fourth-order valence-corrected chi connectivity index (χ4v) is 2.68. The average Bonchev–Trinajstić information content (AvgIpc) is 2.58. The second-order valence-electron chi connectivity index (χ2n) is 6.16. The Morgan fingerprint density at radius 3 is 2.79 bits per heavy atom. The van der Waals surface area contributed by atoms with Crippen LogP contribution in [0.4, 0.5) is 5.82 Å². The fraction of sp³-hybridized carbons (Fsp3) is 0.471. The Kier molecular flexibility index (Phi) is 6.17. The minimum absolute atomic E-state index is 0.0339. The third-order valence-corrected chi connectivity index (χ3v) is 4.06. The van der Waals surface area contributed by atoms with Gasteiger partial charge in [0.15, 0.2) is 5.96 Å². The number of piperidine rings is 1. The van der Waals surface area contributed by atoms with Gasteiger partial charge in [-0.05, 0) is 25.8 Å². The summed E-state index contributed by atoms with van der Waals surface area (Å²) in [5.41, 5.74) is 13.3. The lowest BCUT2D eigenvalue weighted by atomic mass is 9.96. The second-order valence-corrected chi connectivity index (χ2v) is 6.16. The van der Waals surface area contributed by atoms with Gasteiger partial charge in [0, 0.05) is 37.3 Å². The van der Waals surface area contributed by atoms with Crippen molar-refractivity contribution in [2.75, 3.05) is 24.5 Å². The zero-order valence-corrected chi connectivity index (χ0v) is 14.2. The van der Waals surface area contributed by atoms with Crippen LogP contribution in [0.3, 0.4) is 0 Å². The summed E-state index contributed by atoms with van der Waals surface area (Å²) < 4.78 is 0. The number of guanidine groups is 1. The molecular formula is C17H26N6O. The summed E-state index contributed by atoms with van der Waals surface area (Å²) in [5.74, 6) is 1.04. The van der Waals surface area contributed by atoms with E-state index in [0.717, 1.165) is 42.9 Å². The van der Waals surface area contributed by atoms with Crippen molar-refractivity contribution >= 4 is 17.7 Å². The maximum Gasteiger partial charge on any atom is 0.220 e. The van der Waals surface area contributed by atoms with E-state index < -0.39 is 0 Å². The highest BCUT2D eigenvalue weighted by molar-refractivity contribution is 5.78. The number of pyridine rings is 1. The number of nitrogens with zero attached hydrogens (tertiary/aromatic N) is 3. The van der Waals surface area contributed by atoms with E-state index in [0.29, 0.717) is 19.0 Å².